The van der Waals surface area contributed by atoms with E-state index in [1.165, 1.54) is 17.7 Å². The quantitative estimate of drug-likeness (QED) is 0.422. The van der Waals surface area contributed by atoms with Gasteiger partial charge in [-0.1, -0.05) is 39.7 Å². The number of rotatable bonds is 7. The highest BCUT2D eigenvalue weighted by Gasteiger charge is 2.36. The van der Waals surface area contributed by atoms with Gasteiger partial charge < -0.3 is 10.2 Å². The minimum absolute atomic E-state index is 0.105. The van der Waals surface area contributed by atoms with Gasteiger partial charge in [-0.3, -0.25) is 19.6 Å². The molecule has 1 aliphatic heterocycles. The van der Waals surface area contributed by atoms with Gasteiger partial charge in [0, 0.05) is 12.2 Å². The highest BCUT2D eigenvalue weighted by atomic mass is 16.5. The van der Waals surface area contributed by atoms with Gasteiger partial charge in [0.15, 0.2) is 0 Å². The summed E-state index contributed by atoms with van der Waals surface area (Å²) in [5.74, 6) is -0.673. The second kappa shape index (κ2) is 12.1. The van der Waals surface area contributed by atoms with E-state index in [1.54, 1.807) is 19.1 Å². The van der Waals surface area contributed by atoms with Crippen LogP contribution in [0, 0.1) is 12.8 Å². The van der Waals surface area contributed by atoms with E-state index in [9.17, 15) is 19.6 Å². The van der Waals surface area contributed by atoms with Gasteiger partial charge in [-0.15, -0.1) is 0 Å². The zero-order valence-electron chi connectivity index (χ0n) is 17.2. The predicted octanol–water partition coefficient (Wildman–Crippen LogP) is 2.61. The van der Waals surface area contributed by atoms with Crippen LogP contribution in [-0.4, -0.2) is 57.5 Å². The molecule has 8 heteroatoms. The number of unbranched alkanes of at least 4 members (excludes halogenated alkanes) is 1. The van der Waals surface area contributed by atoms with Crippen LogP contribution in [0.4, 0.5) is 5.82 Å². The highest BCUT2D eigenvalue weighted by Crippen LogP contribution is 2.21. The summed E-state index contributed by atoms with van der Waals surface area (Å²) in [4.78, 5) is 41.2. The number of carbonyl (C=O) groups is 3. The molecule has 1 fully saturated rings. The average molecular weight is 393 g/mol. The molecule has 8 nitrogen and oxygen atoms in total. The topological polar surface area (TPSA) is 103 Å². The van der Waals surface area contributed by atoms with Crippen molar-refractivity contribution in [2.24, 2.45) is 5.92 Å². The molecule has 2 heterocycles. The first-order valence-corrected chi connectivity index (χ1v) is 9.79. The van der Waals surface area contributed by atoms with Crippen LogP contribution in [0.1, 0.15) is 52.1 Å². The van der Waals surface area contributed by atoms with Gasteiger partial charge >= 0.3 is 0 Å². The van der Waals surface area contributed by atoms with Crippen molar-refractivity contribution in [1.29, 1.82) is 0 Å². The lowest BCUT2D eigenvalue weighted by molar-refractivity contribution is -0.156. The molecule has 2 rings (SSSR count). The van der Waals surface area contributed by atoms with E-state index < -0.39 is 12.0 Å². The SMILES string of the molecule is CCCC.Cc1cccc(NC(=O)[C@@H]2CCCN2C(=O)[C@H](C)CN(O)C=O)n1. The molecule has 0 radical (unpaired) electrons. The van der Waals surface area contributed by atoms with Crippen LogP contribution in [-0.2, 0) is 14.4 Å². The molecule has 1 saturated heterocycles. The molecule has 2 N–H and O–H groups in total. The first kappa shape index (κ1) is 23.6. The summed E-state index contributed by atoms with van der Waals surface area (Å²) in [7, 11) is 0. The summed E-state index contributed by atoms with van der Waals surface area (Å²) in [5.41, 5.74) is 0.790. The van der Waals surface area contributed by atoms with Crippen LogP contribution in [0.25, 0.3) is 0 Å². The highest BCUT2D eigenvalue weighted by molar-refractivity contribution is 5.97. The van der Waals surface area contributed by atoms with E-state index in [2.05, 4.69) is 24.1 Å². The van der Waals surface area contributed by atoms with E-state index >= 15 is 0 Å². The van der Waals surface area contributed by atoms with E-state index in [1.807, 2.05) is 13.0 Å². The summed E-state index contributed by atoms with van der Waals surface area (Å²) >= 11 is 0. The molecule has 1 aromatic heterocycles. The number of aromatic nitrogens is 1. The number of hydroxylamine groups is 2. The zero-order valence-corrected chi connectivity index (χ0v) is 17.2. The van der Waals surface area contributed by atoms with Crippen LogP contribution in [0.5, 0.6) is 0 Å². The number of carbonyl (C=O) groups excluding carboxylic acids is 3. The van der Waals surface area contributed by atoms with Gasteiger partial charge in [0.1, 0.15) is 11.9 Å². The Kier molecular flexibility index (Phi) is 10.2. The Labute approximate surface area is 166 Å². The van der Waals surface area contributed by atoms with E-state index in [4.69, 9.17) is 0 Å². The van der Waals surface area contributed by atoms with Gasteiger partial charge in [-0.05, 0) is 31.9 Å². The Morgan fingerprint density at radius 3 is 2.64 bits per heavy atom. The van der Waals surface area contributed by atoms with E-state index in [-0.39, 0.29) is 24.8 Å². The maximum Gasteiger partial charge on any atom is 0.248 e. The van der Waals surface area contributed by atoms with Crippen molar-refractivity contribution in [1.82, 2.24) is 14.9 Å². The molecule has 0 bridgehead atoms. The van der Waals surface area contributed by atoms with Crippen LogP contribution < -0.4 is 5.32 Å². The fourth-order valence-corrected chi connectivity index (χ4v) is 2.81. The molecule has 28 heavy (non-hydrogen) atoms. The normalized spacial score (nSPS) is 16.6. The molecule has 1 aliphatic rings. The van der Waals surface area contributed by atoms with Gasteiger partial charge in [0.2, 0.25) is 18.2 Å². The van der Waals surface area contributed by atoms with Gasteiger partial charge in [0.05, 0.1) is 12.5 Å². The Morgan fingerprint density at radius 2 is 2.07 bits per heavy atom. The fraction of sp³-hybridized carbons (Fsp3) is 0.600. The minimum atomic E-state index is -0.592. The number of pyridine rings is 1. The molecule has 156 valence electrons. The monoisotopic (exact) mass is 392 g/mol. The number of aryl methyl sites for hydroxylation is 1. The van der Waals surface area contributed by atoms with E-state index in [0.717, 1.165) is 12.1 Å². The summed E-state index contributed by atoms with van der Waals surface area (Å²) in [6.45, 7) is 8.18. The first-order chi connectivity index (χ1) is 13.3. The number of nitrogens with zero attached hydrogens (tertiary/aromatic N) is 3. The summed E-state index contributed by atoms with van der Waals surface area (Å²) in [5, 5.41) is 12.4. The Bertz CT molecular complexity index is 651. The lowest BCUT2D eigenvalue weighted by Crippen LogP contribution is -2.47. The van der Waals surface area contributed by atoms with Crippen molar-refractivity contribution in [3.63, 3.8) is 0 Å². The molecule has 1 aromatic rings. The largest absolute Gasteiger partial charge is 0.330 e. The lowest BCUT2D eigenvalue weighted by Gasteiger charge is -2.27. The number of likely N-dealkylation sites (tertiary alicyclic amines) is 1. The third-order valence-corrected chi connectivity index (χ3v) is 4.48. The summed E-state index contributed by atoms with van der Waals surface area (Å²) in [6, 6.07) is 4.76. The van der Waals surface area contributed by atoms with Crippen LogP contribution >= 0.6 is 0 Å². The summed E-state index contributed by atoms with van der Waals surface area (Å²) in [6.07, 6.45) is 4.20. The molecular weight excluding hydrogens is 360 g/mol. The van der Waals surface area contributed by atoms with Crippen molar-refractivity contribution in [2.45, 2.75) is 59.4 Å². The van der Waals surface area contributed by atoms with Crippen LogP contribution in [0.3, 0.4) is 0 Å². The van der Waals surface area contributed by atoms with Crippen molar-refractivity contribution >= 4 is 24.0 Å². The molecule has 0 aliphatic carbocycles. The fourth-order valence-electron chi connectivity index (χ4n) is 2.81. The average Bonchev–Trinajstić information content (AvgIpc) is 3.17. The second-order valence-corrected chi connectivity index (χ2v) is 6.97. The minimum Gasteiger partial charge on any atom is -0.330 e. The lowest BCUT2D eigenvalue weighted by atomic mass is 10.1. The number of hydrogen-bond donors (Lipinski definition) is 2. The summed E-state index contributed by atoms with van der Waals surface area (Å²) < 4.78 is 0. The van der Waals surface area contributed by atoms with Crippen molar-refractivity contribution in [3.05, 3.63) is 23.9 Å². The Morgan fingerprint density at radius 1 is 1.39 bits per heavy atom. The molecule has 2 atom stereocenters. The molecule has 3 amide bonds. The predicted molar refractivity (Wildman–Crippen MR) is 107 cm³/mol. The van der Waals surface area contributed by atoms with Gasteiger partial charge in [-0.25, -0.2) is 10.0 Å². The maximum atomic E-state index is 12.5. The number of nitrogens with one attached hydrogen (secondary N) is 1. The Hall–Kier alpha value is -2.48. The molecule has 0 spiro atoms. The second-order valence-electron chi connectivity index (χ2n) is 6.97. The molecule has 0 saturated carbocycles. The van der Waals surface area contributed by atoms with Crippen molar-refractivity contribution in [3.8, 4) is 0 Å². The van der Waals surface area contributed by atoms with Crippen LogP contribution in [0.15, 0.2) is 18.2 Å². The maximum absolute atomic E-state index is 12.5. The molecule has 0 unspecified atom stereocenters. The third-order valence-electron chi connectivity index (χ3n) is 4.48. The van der Waals surface area contributed by atoms with E-state index in [0.29, 0.717) is 23.8 Å². The smallest absolute Gasteiger partial charge is 0.248 e. The Balaban J connectivity index is 0.000000892. The first-order valence-electron chi connectivity index (χ1n) is 9.79. The third kappa shape index (κ3) is 7.26. The van der Waals surface area contributed by atoms with Crippen molar-refractivity contribution in [2.75, 3.05) is 18.4 Å². The zero-order chi connectivity index (χ0) is 21.1. The number of hydrogen-bond acceptors (Lipinski definition) is 5. The number of amides is 3. The van der Waals surface area contributed by atoms with Gasteiger partial charge in [0.25, 0.3) is 0 Å². The van der Waals surface area contributed by atoms with Gasteiger partial charge in [-0.2, -0.15) is 0 Å². The standard InChI is InChI=1S/C16H22N4O4.C4H10/c1-11(9-19(24)10-21)16(23)20-8-4-6-13(20)15(22)18-14-7-3-5-12(2)17-14;1-3-4-2/h3,5,7,10-11,13,24H,4,6,8-9H2,1-2H3,(H,17,18,22);3-4H2,1-2H3/t11-,13+;/m1./s1. The molecular formula is C20H32N4O4. The molecule has 0 aromatic carbocycles. The van der Waals surface area contributed by atoms with Crippen molar-refractivity contribution < 1.29 is 19.6 Å². The number of anilines is 1. The van der Waals surface area contributed by atoms with Crippen LogP contribution in [0.2, 0.25) is 0 Å².